The Hall–Kier alpha value is -2.31. The number of aliphatic imine (C=N–C) groups is 1. The smallest absolute Gasteiger partial charge is 0.191 e. The van der Waals surface area contributed by atoms with Crippen LogP contribution < -0.4 is 10.6 Å². The lowest BCUT2D eigenvalue weighted by Crippen LogP contribution is -2.44. The van der Waals surface area contributed by atoms with Crippen LogP contribution in [0, 0.1) is 0 Å². The van der Waals surface area contributed by atoms with Crippen molar-refractivity contribution >= 4 is 5.96 Å². The standard InChI is InChI=1S/C25H36N4O2/c1-2-9-23(10-3-1)28-25(26-13-12-24-11-6-16-31-24)27-19-21-7-4-5-8-22(21)20-29-14-17-30-18-15-29/h4-8,11,16,23H,1-3,9-10,12-15,17-20H2,(H2,26,27,28). The molecule has 2 fully saturated rings. The van der Waals surface area contributed by atoms with Gasteiger partial charge in [-0.05, 0) is 36.1 Å². The van der Waals surface area contributed by atoms with E-state index in [4.69, 9.17) is 14.1 Å². The SMILES string of the molecule is c1coc(CCNC(=NCc2ccccc2CN2CCOCC2)NC2CCCCC2)c1. The van der Waals surface area contributed by atoms with Gasteiger partial charge in [-0.2, -0.15) is 0 Å². The highest BCUT2D eigenvalue weighted by atomic mass is 16.5. The molecular formula is C25H36N4O2. The van der Waals surface area contributed by atoms with Crippen LogP contribution in [0.25, 0.3) is 0 Å². The molecule has 1 aliphatic carbocycles. The first-order valence-electron chi connectivity index (χ1n) is 11.8. The summed E-state index contributed by atoms with van der Waals surface area (Å²) in [5, 5.41) is 7.22. The molecule has 6 heteroatoms. The van der Waals surface area contributed by atoms with Gasteiger partial charge in [0.2, 0.25) is 0 Å². The first-order chi connectivity index (χ1) is 15.4. The van der Waals surface area contributed by atoms with E-state index < -0.39 is 0 Å². The zero-order chi connectivity index (χ0) is 21.1. The van der Waals surface area contributed by atoms with E-state index in [0.29, 0.717) is 12.6 Å². The number of rotatable bonds is 8. The van der Waals surface area contributed by atoms with E-state index in [9.17, 15) is 0 Å². The minimum Gasteiger partial charge on any atom is -0.469 e. The summed E-state index contributed by atoms with van der Waals surface area (Å²) in [7, 11) is 0. The number of guanidine groups is 1. The number of hydrogen-bond donors (Lipinski definition) is 2. The Balaban J connectivity index is 1.39. The van der Waals surface area contributed by atoms with E-state index in [1.54, 1.807) is 6.26 Å². The highest BCUT2D eigenvalue weighted by Gasteiger charge is 2.16. The molecule has 2 aliphatic rings. The van der Waals surface area contributed by atoms with Crippen LogP contribution in [0.5, 0.6) is 0 Å². The molecule has 1 aromatic carbocycles. The molecule has 0 spiro atoms. The van der Waals surface area contributed by atoms with Crippen molar-refractivity contribution in [1.82, 2.24) is 15.5 Å². The molecule has 2 aromatic rings. The monoisotopic (exact) mass is 424 g/mol. The van der Waals surface area contributed by atoms with Gasteiger partial charge < -0.3 is 19.8 Å². The summed E-state index contributed by atoms with van der Waals surface area (Å²) in [6.45, 7) is 6.11. The van der Waals surface area contributed by atoms with Gasteiger partial charge in [-0.15, -0.1) is 0 Å². The maximum atomic E-state index is 5.50. The highest BCUT2D eigenvalue weighted by molar-refractivity contribution is 5.80. The molecule has 1 saturated heterocycles. The van der Waals surface area contributed by atoms with E-state index in [2.05, 4.69) is 39.8 Å². The Kier molecular flexibility index (Phi) is 8.42. The third-order valence-corrected chi connectivity index (χ3v) is 6.21. The van der Waals surface area contributed by atoms with E-state index in [0.717, 1.165) is 57.5 Å². The molecule has 31 heavy (non-hydrogen) atoms. The average Bonchev–Trinajstić information content (AvgIpc) is 3.33. The minimum absolute atomic E-state index is 0.521. The van der Waals surface area contributed by atoms with Crippen molar-refractivity contribution in [2.45, 2.75) is 57.7 Å². The second kappa shape index (κ2) is 11.9. The second-order valence-electron chi connectivity index (χ2n) is 8.56. The molecule has 168 valence electrons. The highest BCUT2D eigenvalue weighted by Crippen LogP contribution is 2.18. The summed E-state index contributed by atoms with van der Waals surface area (Å²) in [6.07, 6.45) is 9.01. The predicted octanol–water partition coefficient (Wildman–Crippen LogP) is 3.72. The van der Waals surface area contributed by atoms with Gasteiger partial charge in [0.15, 0.2) is 5.96 Å². The fourth-order valence-corrected chi connectivity index (χ4v) is 4.38. The molecule has 0 bridgehead atoms. The van der Waals surface area contributed by atoms with E-state index >= 15 is 0 Å². The van der Waals surface area contributed by atoms with Crippen molar-refractivity contribution in [3.05, 3.63) is 59.5 Å². The fourth-order valence-electron chi connectivity index (χ4n) is 4.38. The van der Waals surface area contributed by atoms with E-state index in [1.807, 2.05) is 12.1 Å². The van der Waals surface area contributed by atoms with E-state index in [1.165, 1.54) is 43.2 Å². The lowest BCUT2D eigenvalue weighted by Gasteiger charge is -2.27. The Morgan fingerprint density at radius 1 is 1.00 bits per heavy atom. The van der Waals surface area contributed by atoms with Gasteiger partial charge in [-0.25, -0.2) is 4.99 Å². The molecular weight excluding hydrogens is 388 g/mol. The quantitative estimate of drug-likeness (QED) is 0.500. The van der Waals surface area contributed by atoms with Crippen molar-refractivity contribution in [1.29, 1.82) is 0 Å². The second-order valence-corrected chi connectivity index (χ2v) is 8.56. The van der Waals surface area contributed by atoms with Crippen molar-refractivity contribution < 1.29 is 9.15 Å². The predicted molar refractivity (Wildman–Crippen MR) is 124 cm³/mol. The zero-order valence-electron chi connectivity index (χ0n) is 18.5. The molecule has 1 aromatic heterocycles. The van der Waals surface area contributed by atoms with Crippen LogP contribution in [0.3, 0.4) is 0 Å². The summed E-state index contributed by atoms with van der Waals surface area (Å²) in [6, 6.07) is 13.2. The molecule has 4 rings (SSSR count). The van der Waals surface area contributed by atoms with Crippen LogP contribution in [0.4, 0.5) is 0 Å². The number of morpholine rings is 1. The Labute approximate surface area is 186 Å². The van der Waals surface area contributed by atoms with Gasteiger partial charge >= 0.3 is 0 Å². The van der Waals surface area contributed by atoms with Crippen LogP contribution in [-0.2, 0) is 24.2 Å². The van der Waals surface area contributed by atoms with Crippen molar-refractivity contribution in [2.24, 2.45) is 4.99 Å². The number of ether oxygens (including phenoxy) is 1. The van der Waals surface area contributed by atoms with E-state index in [-0.39, 0.29) is 0 Å². The van der Waals surface area contributed by atoms with Gasteiger partial charge in [0.1, 0.15) is 5.76 Å². The summed E-state index contributed by atoms with van der Waals surface area (Å²) < 4.78 is 11.0. The molecule has 0 radical (unpaired) electrons. The summed E-state index contributed by atoms with van der Waals surface area (Å²) in [4.78, 5) is 7.45. The van der Waals surface area contributed by atoms with Gasteiger partial charge in [-0.3, -0.25) is 4.90 Å². The van der Waals surface area contributed by atoms with Crippen LogP contribution >= 0.6 is 0 Å². The number of hydrogen-bond acceptors (Lipinski definition) is 4. The lowest BCUT2D eigenvalue weighted by atomic mass is 9.96. The molecule has 2 N–H and O–H groups in total. The van der Waals surface area contributed by atoms with Crippen LogP contribution in [0.1, 0.15) is 49.0 Å². The number of nitrogens with zero attached hydrogens (tertiary/aromatic N) is 2. The average molecular weight is 425 g/mol. The fraction of sp³-hybridized carbons (Fsp3) is 0.560. The third kappa shape index (κ3) is 7.11. The van der Waals surface area contributed by atoms with Gasteiger partial charge in [0.05, 0.1) is 26.0 Å². The largest absolute Gasteiger partial charge is 0.469 e. The molecule has 0 unspecified atom stereocenters. The normalized spacial score (nSPS) is 18.8. The first kappa shape index (κ1) is 21.9. The summed E-state index contributed by atoms with van der Waals surface area (Å²) in [5.74, 6) is 1.92. The van der Waals surface area contributed by atoms with Crippen LogP contribution in [0.2, 0.25) is 0 Å². The van der Waals surface area contributed by atoms with Gasteiger partial charge in [0, 0.05) is 38.6 Å². The topological polar surface area (TPSA) is 62.0 Å². The lowest BCUT2D eigenvalue weighted by molar-refractivity contribution is 0.0341. The van der Waals surface area contributed by atoms with Crippen molar-refractivity contribution in [3.8, 4) is 0 Å². The van der Waals surface area contributed by atoms with Gasteiger partial charge in [0.25, 0.3) is 0 Å². The Morgan fingerprint density at radius 3 is 2.58 bits per heavy atom. The molecule has 2 heterocycles. The van der Waals surface area contributed by atoms with Crippen LogP contribution in [0.15, 0.2) is 52.1 Å². The number of benzene rings is 1. The van der Waals surface area contributed by atoms with Crippen molar-refractivity contribution in [2.75, 3.05) is 32.8 Å². The minimum atomic E-state index is 0.521. The molecule has 0 amide bonds. The zero-order valence-corrected chi connectivity index (χ0v) is 18.5. The third-order valence-electron chi connectivity index (χ3n) is 6.21. The Morgan fingerprint density at radius 2 is 1.81 bits per heavy atom. The maximum Gasteiger partial charge on any atom is 0.191 e. The van der Waals surface area contributed by atoms with Gasteiger partial charge in [-0.1, -0.05) is 43.5 Å². The molecule has 6 nitrogen and oxygen atoms in total. The number of furan rings is 1. The van der Waals surface area contributed by atoms with Crippen LogP contribution in [-0.4, -0.2) is 49.7 Å². The maximum absolute atomic E-state index is 5.50. The van der Waals surface area contributed by atoms with Crippen molar-refractivity contribution in [3.63, 3.8) is 0 Å². The first-order valence-corrected chi connectivity index (χ1v) is 11.8. The molecule has 0 atom stereocenters. The Bertz CT molecular complexity index is 794. The number of nitrogens with one attached hydrogen (secondary N) is 2. The molecule has 1 aliphatic heterocycles. The molecule has 1 saturated carbocycles. The summed E-state index contributed by atoms with van der Waals surface area (Å²) in [5.41, 5.74) is 2.66. The summed E-state index contributed by atoms with van der Waals surface area (Å²) >= 11 is 0.